The molecule has 0 aromatic heterocycles. The van der Waals surface area contributed by atoms with Gasteiger partial charge in [-0.2, -0.15) is 0 Å². The van der Waals surface area contributed by atoms with Crippen molar-refractivity contribution in [1.29, 1.82) is 0 Å². The summed E-state index contributed by atoms with van der Waals surface area (Å²) in [4.78, 5) is 14.0. The maximum absolute atomic E-state index is 12.5. The third kappa shape index (κ3) is 6.40. The number of carboxylic acid groups (broad SMARTS) is 1. The van der Waals surface area contributed by atoms with Gasteiger partial charge in [-0.05, 0) is 126 Å². The van der Waals surface area contributed by atoms with Gasteiger partial charge in [0.05, 0.1) is 12.2 Å². The zero-order valence-corrected chi connectivity index (χ0v) is 24.2. The molecule has 1 aliphatic heterocycles. The number of hydrogen-bond donors (Lipinski definition) is 1. The van der Waals surface area contributed by atoms with Gasteiger partial charge in [0.2, 0.25) is 0 Å². The number of hydrogen-bond acceptors (Lipinski definition) is 2. The van der Waals surface area contributed by atoms with Crippen LogP contribution in [0.1, 0.15) is 68.6 Å². The lowest BCUT2D eigenvalue weighted by Crippen LogP contribution is -2.47. The molecule has 0 atom stereocenters. The van der Waals surface area contributed by atoms with Gasteiger partial charge in [0.1, 0.15) is 0 Å². The fourth-order valence-electron chi connectivity index (χ4n) is 6.30. The van der Waals surface area contributed by atoms with Crippen molar-refractivity contribution >= 4 is 41.1 Å². The zero-order chi connectivity index (χ0) is 26.8. The summed E-state index contributed by atoms with van der Waals surface area (Å²) in [6.07, 6.45) is 4.37. The maximum atomic E-state index is 12.5. The van der Waals surface area contributed by atoms with Crippen LogP contribution in [0.3, 0.4) is 0 Å². The molecule has 39 heavy (non-hydrogen) atoms. The first-order valence-corrected chi connectivity index (χ1v) is 14.0. The van der Waals surface area contributed by atoms with Gasteiger partial charge in [-0.25, -0.2) is 4.79 Å². The number of rotatable bonds is 8. The number of allylic oxidation sites excluding steroid dienone is 1. The molecule has 3 nitrogen and oxygen atoms in total. The number of aromatic carboxylic acids is 1. The van der Waals surface area contributed by atoms with Crippen molar-refractivity contribution in [3.8, 4) is 0 Å². The van der Waals surface area contributed by atoms with Gasteiger partial charge in [0.25, 0.3) is 0 Å². The molecule has 6 heteroatoms. The lowest BCUT2D eigenvalue weighted by molar-refractivity contribution is 0.0696. The molecule has 0 spiro atoms. The zero-order valence-electron chi connectivity index (χ0n) is 22.6. The molecule has 1 aliphatic carbocycles. The van der Waals surface area contributed by atoms with E-state index < -0.39 is 5.97 Å². The highest BCUT2D eigenvalue weighted by Crippen LogP contribution is 2.42. The second-order valence-corrected chi connectivity index (χ2v) is 11.3. The van der Waals surface area contributed by atoms with E-state index in [-0.39, 0.29) is 19.1 Å². The smallest absolute Gasteiger partial charge is 0.335 e. The van der Waals surface area contributed by atoms with Crippen molar-refractivity contribution in [1.82, 2.24) is 4.90 Å². The van der Waals surface area contributed by atoms with Gasteiger partial charge in [0, 0.05) is 24.7 Å². The van der Waals surface area contributed by atoms with E-state index >= 15 is 0 Å². The van der Waals surface area contributed by atoms with Crippen LogP contribution in [0, 0.1) is 19.8 Å². The molecular formula is C33H36Cl2FNO2. The molecule has 0 radical (unpaired) electrons. The predicted octanol–water partition coefficient (Wildman–Crippen LogP) is 8.21. The molecule has 2 aliphatic rings. The second kappa shape index (κ2) is 12.7. The number of alkyl halides is 1. The summed E-state index contributed by atoms with van der Waals surface area (Å²) in [6.45, 7) is 6.95. The third-order valence-corrected chi connectivity index (χ3v) is 8.22. The molecule has 3 aromatic carbocycles. The first kappa shape index (κ1) is 29.3. The van der Waals surface area contributed by atoms with Gasteiger partial charge < -0.3 is 10.0 Å². The number of aryl methyl sites for hydroxylation is 3. The molecule has 3 aromatic rings. The maximum Gasteiger partial charge on any atom is 0.335 e. The standard InChI is InChI=1S/C33H35ClFNO2.ClH/c1-21-15-28(34)16-22(2)31(21)30-6-3-5-26-18-27(33(37)38)11-12-29(26)32(30)25-9-7-23(8-10-25)17-24-19-36(20-24)14-4-13-35;/h7-12,15-16,18,24H,3-6,13-14,17,19-20H2,1-2H3,(H,37,38);1H. The number of benzene rings is 3. The van der Waals surface area contributed by atoms with Crippen molar-refractivity contribution in [3.05, 3.63) is 104 Å². The van der Waals surface area contributed by atoms with Crippen LogP contribution in [-0.2, 0) is 12.8 Å². The number of carboxylic acids is 1. The average Bonchev–Trinajstić information content (AvgIpc) is 3.04. The van der Waals surface area contributed by atoms with Crippen molar-refractivity contribution in [2.75, 3.05) is 26.3 Å². The van der Waals surface area contributed by atoms with E-state index in [1.165, 1.54) is 22.3 Å². The first-order chi connectivity index (χ1) is 18.3. The minimum Gasteiger partial charge on any atom is -0.478 e. The van der Waals surface area contributed by atoms with Crippen LogP contribution in [0.25, 0.3) is 11.1 Å². The fourth-order valence-corrected chi connectivity index (χ4v) is 6.63. The molecule has 1 heterocycles. The Morgan fingerprint density at radius 1 is 1.03 bits per heavy atom. The Bertz CT molecular complexity index is 1350. The molecule has 5 rings (SSSR count). The lowest BCUT2D eigenvalue weighted by atomic mass is 9.84. The summed E-state index contributed by atoms with van der Waals surface area (Å²) < 4.78 is 12.5. The lowest BCUT2D eigenvalue weighted by Gasteiger charge is -2.39. The highest BCUT2D eigenvalue weighted by molar-refractivity contribution is 6.30. The molecule has 0 saturated carbocycles. The highest BCUT2D eigenvalue weighted by Gasteiger charge is 2.27. The van der Waals surface area contributed by atoms with Crippen molar-refractivity contribution < 1.29 is 14.3 Å². The minimum atomic E-state index is -0.893. The summed E-state index contributed by atoms with van der Waals surface area (Å²) in [5.41, 5.74) is 11.1. The van der Waals surface area contributed by atoms with Crippen LogP contribution in [0.15, 0.2) is 54.6 Å². The normalized spacial score (nSPS) is 15.8. The molecule has 0 bridgehead atoms. The monoisotopic (exact) mass is 567 g/mol. The van der Waals surface area contributed by atoms with Gasteiger partial charge in [0.15, 0.2) is 0 Å². The number of likely N-dealkylation sites (tertiary alicyclic amines) is 1. The van der Waals surface area contributed by atoms with E-state index in [0.29, 0.717) is 17.9 Å². The predicted molar refractivity (Wildman–Crippen MR) is 161 cm³/mol. The Morgan fingerprint density at radius 2 is 1.72 bits per heavy atom. The number of fused-ring (bicyclic) bond motifs is 1. The minimum absolute atomic E-state index is 0. The van der Waals surface area contributed by atoms with E-state index in [1.807, 2.05) is 24.3 Å². The second-order valence-electron chi connectivity index (χ2n) is 10.9. The van der Waals surface area contributed by atoms with Crippen molar-refractivity contribution in [2.24, 2.45) is 5.92 Å². The van der Waals surface area contributed by atoms with Crippen molar-refractivity contribution in [2.45, 2.75) is 46.0 Å². The van der Waals surface area contributed by atoms with E-state index in [0.717, 1.165) is 78.2 Å². The van der Waals surface area contributed by atoms with Crippen LogP contribution < -0.4 is 0 Å². The van der Waals surface area contributed by atoms with Crippen LogP contribution in [0.2, 0.25) is 5.02 Å². The Morgan fingerprint density at radius 3 is 2.36 bits per heavy atom. The molecular weight excluding hydrogens is 532 g/mol. The summed E-state index contributed by atoms with van der Waals surface area (Å²) in [5.74, 6) is -0.265. The van der Waals surface area contributed by atoms with E-state index in [4.69, 9.17) is 11.6 Å². The molecule has 1 saturated heterocycles. The molecule has 0 unspecified atom stereocenters. The average molecular weight is 569 g/mol. The van der Waals surface area contributed by atoms with Crippen molar-refractivity contribution in [3.63, 3.8) is 0 Å². The summed E-state index contributed by atoms with van der Waals surface area (Å²) >= 11 is 6.39. The van der Waals surface area contributed by atoms with E-state index in [1.54, 1.807) is 6.07 Å². The van der Waals surface area contributed by atoms with Gasteiger partial charge in [-0.15, -0.1) is 12.4 Å². The van der Waals surface area contributed by atoms with Gasteiger partial charge in [-0.3, -0.25) is 4.39 Å². The Labute approximate surface area is 242 Å². The number of halogens is 3. The molecule has 206 valence electrons. The number of nitrogens with zero attached hydrogens (tertiary/aromatic N) is 1. The fraction of sp³-hybridized carbons (Fsp3) is 0.364. The first-order valence-electron chi connectivity index (χ1n) is 13.6. The summed E-state index contributed by atoms with van der Waals surface area (Å²) in [7, 11) is 0. The van der Waals surface area contributed by atoms with Crippen LogP contribution in [0.4, 0.5) is 4.39 Å². The van der Waals surface area contributed by atoms with E-state index in [2.05, 4.69) is 43.0 Å². The van der Waals surface area contributed by atoms with Gasteiger partial charge in [-0.1, -0.05) is 41.9 Å². The van der Waals surface area contributed by atoms with Crippen LogP contribution in [0.5, 0.6) is 0 Å². The summed E-state index contributed by atoms with van der Waals surface area (Å²) in [6, 6.07) is 18.6. The molecule has 1 N–H and O–H groups in total. The number of carbonyl (C=O) groups is 1. The van der Waals surface area contributed by atoms with Crippen LogP contribution in [-0.4, -0.2) is 42.3 Å². The van der Waals surface area contributed by atoms with E-state index in [9.17, 15) is 14.3 Å². The summed E-state index contributed by atoms with van der Waals surface area (Å²) in [5, 5.41) is 10.4. The largest absolute Gasteiger partial charge is 0.478 e. The third-order valence-electron chi connectivity index (χ3n) is 8.00. The van der Waals surface area contributed by atoms with Gasteiger partial charge >= 0.3 is 5.97 Å². The Hall–Kier alpha value is -2.66. The highest BCUT2D eigenvalue weighted by atomic mass is 35.5. The van der Waals surface area contributed by atoms with Crippen LogP contribution >= 0.6 is 24.0 Å². The molecule has 1 fully saturated rings. The Balaban J connectivity index is 0.00000353. The SMILES string of the molecule is Cc1cc(Cl)cc(C)c1C1=C(c2ccc(CC3CN(CCCF)C3)cc2)c2ccc(C(=O)O)cc2CCC1.Cl. The topological polar surface area (TPSA) is 40.5 Å². The Kier molecular flexibility index (Phi) is 9.53. The molecule has 0 amide bonds. The quantitative estimate of drug-likeness (QED) is 0.298.